The molecule has 0 saturated heterocycles. The molecule has 2 aromatic rings. The highest BCUT2D eigenvalue weighted by molar-refractivity contribution is 7.89. The summed E-state index contributed by atoms with van der Waals surface area (Å²) in [4.78, 5) is 2.18. The first-order valence-electron chi connectivity index (χ1n) is 4.87. The van der Waals surface area contributed by atoms with Gasteiger partial charge in [0.1, 0.15) is 0 Å². The van der Waals surface area contributed by atoms with Gasteiger partial charge >= 0.3 is 6.18 Å². The van der Waals surface area contributed by atoms with Crippen molar-refractivity contribution in [1.82, 2.24) is 9.71 Å². The van der Waals surface area contributed by atoms with Crippen LogP contribution in [-0.2, 0) is 16.2 Å². The summed E-state index contributed by atoms with van der Waals surface area (Å²) in [6.07, 6.45) is -3.21. The van der Waals surface area contributed by atoms with E-state index in [2.05, 4.69) is 4.98 Å². The number of aromatic nitrogens is 1. The molecule has 0 aliphatic heterocycles. The second-order valence-corrected chi connectivity index (χ2v) is 5.47. The first-order chi connectivity index (χ1) is 8.25. The molecule has 4 nitrogen and oxygen atoms in total. The number of sulfonamides is 1. The SMILES string of the molecule is CNS(=O)(=O)c1cc(C(F)(F)F)cc2[nH]ccc12. The molecule has 18 heavy (non-hydrogen) atoms. The highest BCUT2D eigenvalue weighted by atomic mass is 32.2. The third kappa shape index (κ3) is 2.08. The predicted molar refractivity (Wildman–Crippen MR) is 59.5 cm³/mol. The Bertz CT molecular complexity index is 689. The Labute approximate surface area is 101 Å². The second kappa shape index (κ2) is 3.99. The van der Waals surface area contributed by atoms with Crippen LogP contribution in [0.4, 0.5) is 13.2 Å². The van der Waals surface area contributed by atoms with E-state index in [1.54, 1.807) is 0 Å². The van der Waals surface area contributed by atoms with Gasteiger partial charge in [0.15, 0.2) is 0 Å². The molecular formula is C10H9F3N2O2S. The molecule has 0 bridgehead atoms. The van der Waals surface area contributed by atoms with Crippen LogP contribution in [0.2, 0.25) is 0 Å². The minimum atomic E-state index is -4.60. The van der Waals surface area contributed by atoms with Gasteiger partial charge in [0.05, 0.1) is 10.5 Å². The number of alkyl halides is 3. The molecule has 0 spiro atoms. The van der Waals surface area contributed by atoms with E-state index >= 15 is 0 Å². The summed E-state index contributed by atoms with van der Waals surface area (Å²) >= 11 is 0. The fourth-order valence-corrected chi connectivity index (χ4v) is 2.60. The van der Waals surface area contributed by atoms with Crippen molar-refractivity contribution in [2.45, 2.75) is 11.1 Å². The van der Waals surface area contributed by atoms with Crippen LogP contribution in [0.15, 0.2) is 29.3 Å². The Hall–Kier alpha value is -1.54. The van der Waals surface area contributed by atoms with E-state index in [4.69, 9.17) is 0 Å². The number of hydrogen-bond donors (Lipinski definition) is 2. The summed E-state index contributed by atoms with van der Waals surface area (Å²) in [6, 6.07) is 2.92. The van der Waals surface area contributed by atoms with Crippen LogP contribution >= 0.6 is 0 Å². The summed E-state index contributed by atoms with van der Waals surface area (Å²) in [5, 5.41) is 0.220. The highest BCUT2D eigenvalue weighted by Gasteiger charge is 2.33. The van der Waals surface area contributed by atoms with Gasteiger partial charge in [0.2, 0.25) is 10.0 Å². The van der Waals surface area contributed by atoms with Gasteiger partial charge in [-0.15, -0.1) is 0 Å². The average molecular weight is 278 g/mol. The van der Waals surface area contributed by atoms with Crippen molar-refractivity contribution >= 4 is 20.9 Å². The fourth-order valence-electron chi connectivity index (χ4n) is 1.63. The maximum absolute atomic E-state index is 12.7. The van der Waals surface area contributed by atoms with Gasteiger partial charge in [-0.3, -0.25) is 0 Å². The third-order valence-corrected chi connectivity index (χ3v) is 3.97. The number of rotatable bonds is 2. The molecule has 8 heteroatoms. The van der Waals surface area contributed by atoms with Gasteiger partial charge in [-0.25, -0.2) is 13.1 Å². The molecule has 98 valence electrons. The molecule has 1 heterocycles. The molecule has 0 unspecified atom stereocenters. The quantitative estimate of drug-likeness (QED) is 0.883. The Morgan fingerprint density at radius 2 is 1.94 bits per heavy atom. The zero-order valence-corrected chi connectivity index (χ0v) is 9.98. The molecule has 1 aromatic carbocycles. The Morgan fingerprint density at radius 1 is 1.28 bits per heavy atom. The van der Waals surface area contributed by atoms with Crippen molar-refractivity contribution in [1.29, 1.82) is 0 Å². The standard InChI is InChI=1S/C10H9F3N2O2S/c1-14-18(16,17)9-5-6(10(11,12)13)4-8-7(9)2-3-15-8/h2-5,14-15H,1H3. The molecule has 2 N–H and O–H groups in total. The number of H-pyrrole nitrogens is 1. The van der Waals surface area contributed by atoms with E-state index in [1.807, 2.05) is 4.72 Å². The number of fused-ring (bicyclic) bond motifs is 1. The molecule has 2 rings (SSSR count). The number of nitrogens with one attached hydrogen (secondary N) is 2. The molecule has 0 radical (unpaired) electrons. The molecule has 0 atom stereocenters. The van der Waals surface area contributed by atoms with E-state index in [-0.39, 0.29) is 10.9 Å². The minimum absolute atomic E-state index is 0.124. The van der Waals surface area contributed by atoms with E-state index < -0.39 is 26.7 Å². The first-order valence-corrected chi connectivity index (χ1v) is 6.36. The molecular weight excluding hydrogens is 269 g/mol. The summed E-state index contributed by atoms with van der Waals surface area (Å²) in [6.45, 7) is 0. The number of halogens is 3. The van der Waals surface area contributed by atoms with Crippen molar-refractivity contribution in [3.05, 3.63) is 30.0 Å². The lowest BCUT2D eigenvalue weighted by molar-refractivity contribution is -0.137. The van der Waals surface area contributed by atoms with Crippen molar-refractivity contribution in [2.75, 3.05) is 7.05 Å². The Kier molecular flexibility index (Phi) is 2.86. The number of benzene rings is 1. The van der Waals surface area contributed by atoms with Crippen LogP contribution in [0.3, 0.4) is 0 Å². The highest BCUT2D eigenvalue weighted by Crippen LogP contribution is 2.34. The van der Waals surface area contributed by atoms with Crippen molar-refractivity contribution in [3.8, 4) is 0 Å². The van der Waals surface area contributed by atoms with Crippen molar-refractivity contribution < 1.29 is 21.6 Å². The van der Waals surface area contributed by atoms with E-state index in [0.717, 1.165) is 13.1 Å². The van der Waals surface area contributed by atoms with Crippen LogP contribution in [-0.4, -0.2) is 20.4 Å². The Morgan fingerprint density at radius 3 is 2.50 bits per heavy atom. The van der Waals surface area contributed by atoms with Crippen LogP contribution in [0.5, 0.6) is 0 Å². The van der Waals surface area contributed by atoms with Crippen molar-refractivity contribution in [2.24, 2.45) is 0 Å². The van der Waals surface area contributed by atoms with Crippen molar-refractivity contribution in [3.63, 3.8) is 0 Å². The van der Waals surface area contributed by atoms with Gasteiger partial charge < -0.3 is 4.98 Å². The summed E-state index contributed by atoms with van der Waals surface area (Å²) in [5.41, 5.74) is -0.884. The largest absolute Gasteiger partial charge is 0.416 e. The monoisotopic (exact) mass is 278 g/mol. The zero-order chi connectivity index (χ0) is 13.6. The lowest BCUT2D eigenvalue weighted by Crippen LogP contribution is -2.19. The summed E-state index contributed by atoms with van der Waals surface area (Å²) < 4.78 is 63.4. The number of hydrogen-bond acceptors (Lipinski definition) is 2. The lowest BCUT2D eigenvalue weighted by atomic mass is 10.1. The average Bonchev–Trinajstić information content (AvgIpc) is 2.74. The zero-order valence-electron chi connectivity index (χ0n) is 9.17. The van der Waals surface area contributed by atoms with Crippen LogP contribution in [0, 0.1) is 0 Å². The molecule has 0 amide bonds. The fraction of sp³-hybridized carbons (Fsp3) is 0.200. The van der Waals surface area contributed by atoms with Gasteiger partial charge in [0.25, 0.3) is 0 Å². The maximum Gasteiger partial charge on any atom is 0.416 e. The second-order valence-electron chi connectivity index (χ2n) is 3.62. The van der Waals surface area contributed by atoms with E-state index in [1.165, 1.54) is 12.3 Å². The predicted octanol–water partition coefficient (Wildman–Crippen LogP) is 2.09. The third-order valence-electron chi connectivity index (χ3n) is 2.52. The molecule has 0 aliphatic carbocycles. The van der Waals surface area contributed by atoms with Gasteiger partial charge in [-0.1, -0.05) is 0 Å². The van der Waals surface area contributed by atoms with Crippen LogP contribution in [0.1, 0.15) is 5.56 Å². The van der Waals surface area contributed by atoms with Gasteiger partial charge in [-0.05, 0) is 25.2 Å². The van der Waals surface area contributed by atoms with Crippen LogP contribution in [0.25, 0.3) is 10.9 Å². The first kappa shape index (κ1) is 12.9. The maximum atomic E-state index is 12.7. The lowest BCUT2D eigenvalue weighted by Gasteiger charge is -2.10. The smallest absolute Gasteiger partial charge is 0.361 e. The topological polar surface area (TPSA) is 62.0 Å². The van der Waals surface area contributed by atoms with E-state index in [0.29, 0.717) is 6.07 Å². The molecule has 0 saturated carbocycles. The Balaban J connectivity index is 2.83. The summed E-state index contributed by atoms with van der Waals surface area (Å²) in [7, 11) is -2.80. The van der Waals surface area contributed by atoms with E-state index in [9.17, 15) is 21.6 Å². The normalized spacial score (nSPS) is 13.1. The van der Waals surface area contributed by atoms with Crippen LogP contribution < -0.4 is 4.72 Å². The minimum Gasteiger partial charge on any atom is -0.361 e. The molecule has 0 aliphatic rings. The summed E-state index contributed by atoms with van der Waals surface area (Å²) in [5.74, 6) is 0. The molecule has 1 aromatic heterocycles. The van der Waals surface area contributed by atoms with Gasteiger partial charge in [-0.2, -0.15) is 13.2 Å². The number of aromatic amines is 1. The van der Waals surface area contributed by atoms with Gasteiger partial charge in [0, 0.05) is 17.1 Å². The molecule has 0 fully saturated rings.